The first-order chi connectivity index (χ1) is 8.70. The van der Waals surface area contributed by atoms with Crippen LogP contribution in [0.25, 0.3) is 0 Å². The molecule has 0 saturated carbocycles. The van der Waals surface area contributed by atoms with Gasteiger partial charge in [0.25, 0.3) is 0 Å². The van der Waals surface area contributed by atoms with Crippen LogP contribution in [-0.2, 0) is 13.0 Å². The Morgan fingerprint density at radius 3 is 2.83 bits per heavy atom. The molecule has 2 aromatic rings. The summed E-state index contributed by atoms with van der Waals surface area (Å²) in [4.78, 5) is 4.41. The molecule has 1 aromatic heterocycles. The van der Waals surface area contributed by atoms with Crippen molar-refractivity contribution < 1.29 is 0 Å². The standard InChI is InChI=1S/C15H19N3/c1-3-12-5-4-8-17-15(12)10-18-13-7-6-11(2)14(16)9-13/h4-9,18H,3,10,16H2,1-2H3. The fraction of sp³-hybridized carbons (Fsp3) is 0.267. The van der Waals surface area contributed by atoms with Crippen molar-refractivity contribution in [2.45, 2.75) is 26.8 Å². The second-order valence-electron chi connectivity index (χ2n) is 4.39. The molecule has 0 unspecified atom stereocenters. The van der Waals surface area contributed by atoms with E-state index in [2.05, 4.69) is 23.3 Å². The Morgan fingerprint density at radius 2 is 2.11 bits per heavy atom. The van der Waals surface area contributed by atoms with Crippen LogP contribution in [-0.4, -0.2) is 4.98 Å². The summed E-state index contributed by atoms with van der Waals surface area (Å²) in [6.45, 7) is 4.88. The molecule has 0 aliphatic carbocycles. The van der Waals surface area contributed by atoms with Gasteiger partial charge in [-0.05, 0) is 42.7 Å². The lowest BCUT2D eigenvalue weighted by Gasteiger charge is -2.10. The maximum atomic E-state index is 5.89. The Hall–Kier alpha value is -2.03. The van der Waals surface area contributed by atoms with Crippen LogP contribution in [0.5, 0.6) is 0 Å². The minimum atomic E-state index is 0.729. The summed E-state index contributed by atoms with van der Waals surface area (Å²) in [6.07, 6.45) is 2.83. The predicted molar refractivity (Wildman–Crippen MR) is 76.5 cm³/mol. The van der Waals surface area contributed by atoms with Crippen LogP contribution in [0.1, 0.15) is 23.7 Å². The van der Waals surface area contributed by atoms with Gasteiger partial charge in [0.15, 0.2) is 0 Å². The van der Waals surface area contributed by atoms with Crippen molar-refractivity contribution in [2.75, 3.05) is 11.1 Å². The summed E-state index contributed by atoms with van der Waals surface area (Å²) in [5.74, 6) is 0. The molecule has 0 atom stereocenters. The van der Waals surface area contributed by atoms with E-state index in [-0.39, 0.29) is 0 Å². The SMILES string of the molecule is CCc1cccnc1CNc1ccc(C)c(N)c1. The number of nitrogen functional groups attached to an aromatic ring is 1. The van der Waals surface area contributed by atoms with E-state index in [0.29, 0.717) is 0 Å². The molecule has 2 rings (SSSR count). The van der Waals surface area contributed by atoms with Crippen molar-refractivity contribution in [2.24, 2.45) is 0 Å². The summed E-state index contributed by atoms with van der Waals surface area (Å²) < 4.78 is 0. The molecular formula is C15H19N3. The van der Waals surface area contributed by atoms with Crippen LogP contribution < -0.4 is 11.1 Å². The first-order valence-electron chi connectivity index (χ1n) is 6.23. The van der Waals surface area contributed by atoms with Gasteiger partial charge in [-0.3, -0.25) is 4.98 Å². The largest absolute Gasteiger partial charge is 0.398 e. The van der Waals surface area contributed by atoms with Gasteiger partial charge in [0, 0.05) is 17.6 Å². The van der Waals surface area contributed by atoms with Gasteiger partial charge < -0.3 is 11.1 Å². The number of pyridine rings is 1. The molecule has 18 heavy (non-hydrogen) atoms. The number of rotatable bonds is 4. The smallest absolute Gasteiger partial charge is 0.0626 e. The predicted octanol–water partition coefficient (Wildman–Crippen LogP) is 3.15. The maximum Gasteiger partial charge on any atom is 0.0626 e. The van der Waals surface area contributed by atoms with Crippen molar-refractivity contribution >= 4 is 11.4 Å². The Kier molecular flexibility index (Phi) is 3.82. The molecule has 0 radical (unpaired) electrons. The van der Waals surface area contributed by atoms with Crippen LogP contribution in [0.4, 0.5) is 11.4 Å². The van der Waals surface area contributed by atoms with Crippen molar-refractivity contribution in [1.29, 1.82) is 0 Å². The van der Waals surface area contributed by atoms with Crippen molar-refractivity contribution in [3.05, 3.63) is 53.3 Å². The normalized spacial score (nSPS) is 10.3. The number of benzene rings is 1. The summed E-state index contributed by atoms with van der Waals surface area (Å²) >= 11 is 0. The third kappa shape index (κ3) is 2.80. The zero-order chi connectivity index (χ0) is 13.0. The number of nitrogens with one attached hydrogen (secondary N) is 1. The van der Waals surface area contributed by atoms with E-state index in [1.807, 2.05) is 37.4 Å². The highest BCUT2D eigenvalue weighted by molar-refractivity contribution is 5.58. The van der Waals surface area contributed by atoms with Crippen LogP contribution in [0.3, 0.4) is 0 Å². The van der Waals surface area contributed by atoms with E-state index in [1.165, 1.54) is 5.56 Å². The van der Waals surface area contributed by atoms with Gasteiger partial charge in [0.1, 0.15) is 0 Å². The molecule has 0 spiro atoms. The van der Waals surface area contributed by atoms with E-state index >= 15 is 0 Å². The Balaban J connectivity index is 2.09. The lowest BCUT2D eigenvalue weighted by Crippen LogP contribution is -2.05. The number of anilines is 2. The molecule has 3 N–H and O–H groups in total. The molecular weight excluding hydrogens is 222 g/mol. The van der Waals surface area contributed by atoms with E-state index in [9.17, 15) is 0 Å². The monoisotopic (exact) mass is 241 g/mol. The van der Waals surface area contributed by atoms with E-state index < -0.39 is 0 Å². The van der Waals surface area contributed by atoms with Crippen molar-refractivity contribution in [3.63, 3.8) is 0 Å². The number of aryl methyl sites for hydroxylation is 2. The van der Waals surface area contributed by atoms with Gasteiger partial charge in [0.05, 0.1) is 12.2 Å². The Morgan fingerprint density at radius 1 is 1.28 bits per heavy atom. The van der Waals surface area contributed by atoms with Crippen LogP contribution in [0, 0.1) is 6.92 Å². The molecule has 0 amide bonds. The maximum absolute atomic E-state index is 5.89. The van der Waals surface area contributed by atoms with Crippen LogP contribution in [0.2, 0.25) is 0 Å². The zero-order valence-corrected chi connectivity index (χ0v) is 10.9. The lowest BCUT2D eigenvalue weighted by molar-refractivity contribution is 0.972. The fourth-order valence-corrected chi connectivity index (χ4v) is 1.89. The van der Waals surface area contributed by atoms with Gasteiger partial charge in [0.2, 0.25) is 0 Å². The molecule has 3 nitrogen and oxygen atoms in total. The Bertz CT molecular complexity index is 535. The van der Waals surface area contributed by atoms with Gasteiger partial charge in [-0.15, -0.1) is 0 Å². The Labute approximate surface area is 108 Å². The topological polar surface area (TPSA) is 50.9 Å². The minimum absolute atomic E-state index is 0.729. The molecule has 0 aliphatic rings. The van der Waals surface area contributed by atoms with Gasteiger partial charge in [-0.1, -0.05) is 19.1 Å². The van der Waals surface area contributed by atoms with E-state index in [0.717, 1.165) is 35.6 Å². The molecule has 0 aliphatic heterocycles. The average molecular weight is 241 g/mol. The number of nitrogens with zero attached hydrogens (tertiary/aromatic N) is 1. The highest BCUT2D eigenvalue weighted by Crippen LogP contribution is 2.18. The summed E-state index contributed by atoms with van der Waals surface area (Å²) in [6, 6.07) is 10.1. The molecule has 0 fully saturated rings. The quantitative estimate of drug-likeness (QED) is 0.808. The molecule has 1 aromatic carbocycles. The first kappa shape index (κ1) is 12.4. The summed E-state index contributed by atoms with van der Waals surface area (Å²) in [5.41, 5.74) is 11.2. The zero-order valence-electron chi connectivity index (χ0n) is 10.9. The number of aromatic nitrogens is 1. The number of hydrogen-bond acceptors (Lipinski definition) is 3. The van der Waals surface area contributed by atoms with E-state index in [1.54, 1.807) is 0 Å². The first-order valence-corrected chi connectivity index (χ1v) is 6.23. The number of hydrogen-bond donors (Lipinski definition) is 2. The summed E-state index contributed by atoms with van der Waals surface area (Å²) in [5, 5.41) is 3.36. The van der Waals surface area contributed by atoms with E-state index in [4.69, 9.17) is 5.73 Å². The highest BCUT2D eigenvalue weighted by atomic mass is 14.9. The van der Waals surface area contributed by atoms with Gasteiger partial charge in [-0.2, -0.15) is 0 Å². The van der Waals surface area contributed by atoms with Crippen molar-refractivity contribution in [1.82, 2.24) is 4.98 Å². The second-order valence-corrected chi connectivity index (χ2v) is 4.39. The van der Waals surface area contributed by atoms with Gasteiger partial charge in [-0.25, -0.2) is 0 Å². The highest BCUT2D eigenvalue weighted by Gasteiger charge is 2.02. The van der Waals surface area contributed by atoms with Crippen LogP contribution >= 0.6 is 0 Å². The molecule has 0 bridgehead atoms. The minimum Gasteiger partial charge on any atom is -0.398 e. The number of nitrogens with two attached hydrogens (primary N) is 1. The molecule has 94 valence electrons. The average Bonchev–Trinajstić information content (AvgIpc) is 2.40. The second kappa shape index (κ2) is 5.54. The lowest BCUT2D eigenvalue weighted by atomic mass is 10.1. The molecule has 3 heteroatoms. The van der Waals surface area contributed by atoms with Gasteiger partial charge >= 0.3 is 0 Å². The van der Waals surface area contributed by atoms with Crippen molar-refractivity contribution in [3.8, 4) is 0 Å². The molecule has 0 saturated heterocycles. The third-order valence-electron chi connectivity index (χ3n) is 3.10. The van der Waals surface area contributed by atoms with Crippen LogP contribution in [0.15, 0.2) is 36.5 Å². The fourth-order valence-electron chi connectivity index (χ4n) is 1.89. The third-order valence-corrected chi connectivity index (χ3v) is 3.10. The summed E-state index contributed by atoms with van der Waals surface area (Å²) in [7, 11) is 0. The molecule has 1 heterocycles.